The number of hydrogen-bond donors (Lipinski definition) is 0. The second kappa shape index (κ2) is 8.70. The van der Waals surface area contributed by atoms with Gasteiger partial charge in [-0.2, -0.15) is 5.26 Å². The highest BCUT2D eigenvalue weighted by molar-refractivity contribution is 5.91. The molecule has 0 spiro atoms. The van der Waals surface area contributed by atoms with Crippen molar-refractivity contribution in [3.63, 3.8) is 0 Å². The largest absolute Gasteiger partial charge is 0.490 e. The van der Waals surface area contributed by atoms with E-state index in [1.807, 2.05) is 23.1 Å². The van der Waals surface area contributed by atoms with Crippen molar-refractivity contribution in [1.82, 2.24) is 15.0 Å². The summed E-state index contributed by atoms with van der Waals surface area (Å²) >= 11 is 0. The van der Waals surface area contributed by atoms with Crippen LogP contribution in [0.2, 0.25) is 0 Å². The Hall–Kier alpha value is -4.26. The van der Waals surface area contributed by atoms with Crippen molar-refractivity contribution in [2.24, 2.45) is 0 Å². The van der Waals surface area contributed by atoms with E-state index in [4.69, 9.17) is 18.7 Å². The van der Waals surface area contributed by atoms with E-state index in [0.717, 1.165) is 17.1 Å². The SMILES string of the molecule is COc1ncc(N2CCOc3ccc(OC4CCN(C(=O)c5ccno5)C4)cc32)cc1C#N. The number of carbonyl (C=O) groups excluding carboxylic acids is 1. The van der Waals surface area contributed by atoms with Crippen LogP contribution in [0, 0.1) is 11.3 Å². The van der Waals surface area contributed by atoms with Crippen molar-refractivity contribution in [3.8, 4) is 23.4 Å². The predicted molar refractivity (Wildman–Crippen MR) is 116 cm³/mol. The van der Waals surface area contributed by atoms with Gasteiger partial charge < -0.3 is 28.5 Å². The van der Waals surface area contributed by atoms with Gasteiger partial charge in [0.05, 0.1) is 44.0 Å². The summed E-state index contributed by atoms with van der Waals surface area (Å²) in [4.78, 5) is 20.5. The Morgan fingerprint density at radius 2 is 2.18 bits per heavy atom. The number of anilines is 2. The third-order valence-electron chi connectivity index (χ3n) is 5.64. The normalized spacial score (nSPS) is 17.2. The number of rotatable bonds is 5. The van der Waals surface area contributed by atoms with Crippen LogP contribution in [0.15, 0.2) is 47.2 Å². The molecule has 168 valence electrons. The lowest BCUT2D eigenvalue weighted by Gasteiger charge is -2.31. The van der Waals surface area contributed by atoms with Gasteiger partial charge in [-0.15, -0.1) is 0 Å². The van der Waals surface area contributed by atoms with E-state index in [9.17, 15) is 10.1 Å². The maximum atomic E-state index is 12.5. The smallest absolute Gasteiger partial charge is 0.292 e. The van der Waals surface area contributed by atoms with Gasteiger partial charge in [0.1, 0.15) is 35.8 Å². The fourth-order valence-electron chi connectivity index (χ4n) is 4.05. The van der Waals surface area contributed by atoms with E-state index in [2.05, 4.69) is 16.2 Å². The number of aromatic nitrogens is 2. The monoisotopic (exact) mass is 447 g/mol. The van der Waals surface area contributed by atoms with E-state index in [1.54, 1.807) is 23.2 Å². The number of pyridine rings is 1. The highest BCUT2D eigenvalue weighted by Crippen LogP contribution is 2.40. The lowest BCUT2D eigenvalue weighted by atomic mass is 10.2. The molecule has 1 fully saturated rings. The van der Waals surface area contributed by atoms with Crippen LogP contribution in [0.25, 0.3) is 0 Å². The van der Waals surface area contributed by atoms with Crippen molar-refractivity contribution in [2.45, 2.75) is 12.5 Å². The van der Waals surface area contributed by atoms with Crippen molar-refractivity contribution in [2.75, 3.05) is 38.3 Å². The van der Waals surface area contributed by atoms with E-state index in [0.29, 0.717) is 44.0 Å². The number of hydrogen-bond acceptors (Lipinski definition) is 9. The van der Waals surface area contributed by atoms with Crippen molar-refractivity contribution in [1.29, 1.82) is 5.26 Å². The van der Waals surface area contributed by atoms with E-state index in [1.165, 1.54) is 13.3 Å². The minimum atomic E-state index is -0.191. The van der Waals surface area contributed by atoms with Gasteiger partial charge in [-0.1, -0.05) is 5.16 Å². The van der Waals surface area contributed by atoms with Gasteiger partial charge in [-0.05, 0) is 18.2 Å². The fraction of sp³-hybridized carbons (Fsp3) is 0.304. The van der Waals surface area contributed by atoms with Gasteiger partial charge in [0, 0.05) is 25.1 Å². The summed E-state index contributed by atoms with van der Waals surface area (Å²) in [5, 5.41) is 13.0. The maximum absolute atomic E-state index is 12.5. The number of carbonyl (C=O) groups is 1. The van der Waals surface area contributed by atoms with Crippen LogP contribution in [0.3, 0.4) is 0 Å². The Morgan fingerprint density at radius 3 is 2.97 bits per heavy atom. The van der Waals surface area contributed by atoms with Crippen molar-refractivity contribution in [3.05, 3.63) is 54.0 Å². The van der Waals surface area contributed by atoms with E-state index < -0.39 is 0 Å². The van der Waals surface area contributed by atoms with Crippen molar-refractivity contribution >= 4 is 17.3 Å². The topological polar surface area (TPSA) is 114 Å². The van der Waals surface area contributed by atoms with Gasteiger partial charge >= 0.3 is 0 Å². The summed E-state index contributed by atoms with van der Waals surface area (Å²) in [6.45, 7) is 2.14. The lowest BCUT2D eigenvalue weighted by molar-refractivity contribution is 0.0731. The summed E-state index contributed by atoms with van der Waals surface area (Å²) in [6, 6.07) is 11.1. The second-order valence-corrected chi connectivity index (χ2v) is 7.65. The number of nitriles is 1. The first kappa shape index (κ1) is 20.6. The molecule has 0 aliphatic carbocycles. The fourth-order valence-corrected chi connectivity index (χ4v) is 4.05. The first-order valence-electron chi connectivity index (χ1n) is 10.5. The molecule has 0 bridgehead atoms. The number of ether oxygens (including phenoxy) is 3. The minimum absolute atomic E-state index is 0.138. The molecule has 0 saturated carbocycles. The molecule has 1 aromatic carbocycles. The lowest BCUT2D eigenvalue weighted by Crippen LogP contribution is -2.31. The molecule has 0 N–H and O–H groups in total. The van der Waals surface area contributed by atoms with E-state index >= 15 is 0 Å². The first-order chi connectivity index (χ1) is 16.2. The highest BCUT2D eigenvalue weighted by Gasteiger charge is 2.30. The zero-order valence-electron chi connectivity index (χ0n) is 17.9. The van der Waals surface area contributed by atoms with Gasteiger partial charge in [0.25, 0.3) is 5.91 Å². The summed E-state index contributed by atoms with van der Waals surface area (Å²) in [6.07, 6.45) is 3.70. The molecule has 10 heteroatoms. The van der Waals surface area contributed by atoms with E-state index in [-0.39, 0.29) is 23.7 Å². The standard InChI is InChI=1S/C23H21N5O5/c1-30-22-15(12-24)10-16(13-25-22)28-8-9-31-20-3-2-17(11-19(20)28)32-18-5-7-27(14-18)23(29)21-4-6-26-33-21/h2-4,6,10-11,13,18H,5,7-9,14H2,1H3. The molecular weight excluding hydrogens is 426 g/mol. The molecule has 2 aliphatic rings. The molecule has 0 radical (unpaired) electrons. The Labute approximate surface area is 189 Å². The van der Waals surface area contributed by atoms with Gasteiger partial charge in [-0.25, -0.2) is 4.98 Å². The molecule has 10 nitrogen and oxygen atoms in total. The van der Waals surface area contributed by atoms with Crippen LogP contribution in [0.1, 0.15) is 22.5 Å². The molecule has 5 rings (SSSR count). The Bertz CT molecular complexity index is 1210. The van der Waals surface area contributed by atoms with Crippen molar-refractivity contribution < 1.29 is 23.5 Å². The molecule has 33 heavy (non-hydrogen) atoms. The van der Waals surface area contributed by atoms with Crippen LogP contribution < -0.4 is 19.1 Å². The molecule has 2 aromatic heterocycles. The average molecular weight is 447 g/mol. The maximum Gasteiger partial charge on any atom is 0.292 e. The van der Waals surface area contributed by atoms with Gasteiger partial charge in [0.15, 0.2) is 0 Å². The Kier molecular flexibility index (Phi) is 5.44. The number of fused-ring (bicyclic) bond motifs is 1. The number of methoxy groups -OCH3 is 1. The second-order valence-electron chi connectivity index (χ2n) is 7.65. The zero-order chi connectivity index (χ0) is 22.8. The molecular formula is C23H21N5O5. The average Bonchev–Trinajstić information content (AvgIpc) is 3.55. The summed E-state index contributed by atoms with van der Waals surface area (Å²) in [5.41, 5.74) is 1.94. The summed E-state index contributed by atoms with van der Waals surface area (Å²) in [7, 11) is 1.49. The van der Waals surface area contributed by atoms with Gasteiger partial charge in [-0.3, -0.25) is 4.79 Å². The minimum Gasteiger partial charge on any atom is -0.490 e. The molecule has 4 heterocycles. The molecule has 3 aromatic rings. The van der Waals surface area contributed by atoms with Crippen LogP contribution in [-0.2, 0) is 0 Å². The summed E-state index contributed by atoms with van der Waals surface area (Å²) in [5.74, 6) is 1.71. The molecule has 1 saturated heterocycles. The van der Waals surface area contributed by atoms with Crippen LogP contribution in [0.4, 0.5) is 11.4 Å². The number of nitrogens with zero attached hydrogens (tertiary/aromatic N) is 5. The first-order valence-corrected chi connectivity index (χ1v) is 10.5. The number of benzene rings is 1. The molecule has 1 unspecified atom stereocenters. The predicted octanol–water partition coefficient (Wildman–Crippen LogP) is 2.77. The van der Waals surface area contributed by atoms with Crippen LogP contribution >= 0.6 is 0 Å². The Morgan fingerprint density at radius 1 is 1.27 bits per heavy atom. The molecule has 1 atom stereocenters. The number of likely N-dealkylation sites (tertiary alicyclic amines) is 1. The number of amides is 1. The molecule has 2 aliphatic heterocycles. The Balaban J connectivity index is 1.34. The highest BCUT2D eigenvalue weighted by atomic mass is 16.5. The van der Waals surface area contributed by atoms with Crippen LogP contribution in [0.5, 0.6) is 17.4 Å². The quantitative estimate of drug-likeness (QED) is 0.582. The third-order valence-corrected chi connectivity index (χ3v) is 5.64. The summed E-state index contributed by atoms with van der Waals surface area (Å²) < 4.78 is 22.1. The third kappa shape index (κ3) is 4.01. The zero-order valence-corrected chi connectivity index (χ0v) is 17.9. The van der Waals surface area contributed by atoms with Crippen LogP contribution in [-0.4, -0.2) is 60.4 Å². The van der Waals surface area contributed by atoms with Gasteiger partial charge in [0.2, 0.25) is 11.6 Å². The molecule has 1 amide bonds.